The fourth-order valence-electron chi connectivity index (χ4n) is 5.30. The van der Waals surface area contributed by atoms with E-state index < -0.39 is 24.2 Å². The summed E-state index contributed by atoms with van der Waals surface area (Å²) in [6.07, 6.45) is 4.64. The lowest BCUT2D eigenvalue weighted by Crippen LogP contribution is -2.37. The highest BCUT2D eigenvalue weighted by Crippen LogP contribution is 2.42. The third kappa shape index (κ3) is 8.33. The van der Waals surface area contributed by atoms with Gasteiger partial charge in [-0.05, 0) is 37.8 Å². The number of methoxy groups -OCH3 is 3. The number of hydrogen-bond donors (Lipinski definition) is 4. The summed E-state index contributed by atoms with van der Waals surface area (Å²) in [5.74, 6) is -1.43. The van der Waals surface area contributed by atoms with Gasteiger partial charge in [0.25, 0.3) is 5.91 Å². The van der Waals surface area contributed by atoms with Crippen molar-refractivity contribution in [3.63, 3.8) is 0 Å². The van der Waals surface area contributed by atoms with Crippen molar-refractivity contribution in [3.8, 4) is 11.5 Å². The number of phenols is 2. The molecule has 1 heterocycles. The first-order valence-electron chi connectivity index (χ1n) is 13.3. The maximum Gasteiger partial charge on any atom is 0.405 e. The van der Waals surface area contributed by atoms with E-state index in [1.54, 1.807) is 39.4 Å². The van der Waals surface area contributed by atoms with Crippen LogP contribution in [0.2, 0.25) is 0 Å². The van der Waals surface area contributed by atoms with Crippen LogP contribution in [0.15, 0.2) is 47.6 Å². The lowest BCUT2D eigenvalue weighted by molar-refractivity contribution is -0.112. The van der Waals surface area contributed by atoms with Crippen LogP contribution in [0.4, 0.5) is 10.5 Å². The van der Waals surface area contributed by atoms with E-state index in [4.69, 9.17) is 24.7 Å². The Balaban J connectivity index is 2.67. The zero-order valence-electron chi connectivity index (χ0n) is 24.6. The molecule has 0 radical (unpaired) electrons. The van der Waals surface area contributed by atoms with E-state index in [-0.39, 0.29) is 47.1 Å². The van der Waals surface area contributed by atoms with Crippen molar-refractivity contribution in [3.05, 3.63) is 53.1 Å². The predicted octanol–water partition coefficient (Wildman–Crippen LogP) is 4.98. The van der Waals surface area contributed by atoms with Gasteiger partial charge in [-0.1, -0.05) is 45.1 Å². The van der Waals surface area contributed by atoms with Crippen LogP contribution in [0, 0.1) is 17.8 Å². The molecule has 0 aliphatic carbocycles. The second-order valence-corrected chi connectivity index (χ2v) is 10.5. The van der Waals surface area contributed by atoms with Gasteiger partial charge in [0.05, 0.1) is 24.0 Å². The molecule has 1 aliphatic rings. The Kier molecular flexibility index (Phi) is 12.2. The van der Waals surface area contributed by atoms with E-state index in [0.29, 0.717) is 17.6 Å². The molecule has 2 bridgehead atoms. The number of nitrogens with two attached hydrogens (primary N) is 1. The summed E-state index contributed by atoms with van der Waals surface area (Å²) in [6.45, 7) is 9.30. The molecule has 1 aromatic carbocycles. The minimum atomic E-state index is -0.891. The number of ether oxygens (including phenoxy) is 4. The number of allylic oxidation sites excluding steroid dienone is 2. The Hall–Kier alpha value is -3.34. The Morgan fingerprint density at radius 1 is 1.00 bits per heavy atom. The molecule has 222 valence electrons. The molecule has 0 saturated heterocycles. The van der Waals surface area contributed by atoms with Gasteiger partial charge in [-0.15, -0.1) is 0 Å². The smallest absolute Gasteiger partial charge is 0.405 e. The molecule has 0 aromatic heterocycles. The second-order valence-electron chi connectivity index (χ2n) is 10.5. The molecule has 10 heteroatoms. The molecule has 40 heavy (non-hydrogen) atoms. The maximum absolute atomic E-state index is 12.9. The number of fused-ring (bicyclic) bond motifs is 2. The van der Waals surface area contributed by atoms with Gasteiger partial charge in [0, 0.05) is 50.4 Å². The molecular formula is C30H44N2O8. The summed E-state index contributed by atoms with van der Waals surface area (Å²) < 4.78 is 23.0. The van der Waals surface area contributed by atoms with Crippen molar-refractivity contribution >= 4 is 17.7 Å². The van der Waals surface area contributed by atoms with Crippen LogP contribution in [0.3, 0.4) is 0 Å². The lowest BCUT2D eigenvalue weighted by atomic mass is 9.86. The number of nitrogens with one attached hydrogen (secondary N) is 1. The Bertz CT molecular complexity index is 1130. The van der Waals surface area contributed by atoms with E-state index in [1.165, 1.54) is 19.2 Å². The standard InChI is InChI=1S/C30H44N2O8/c1-16-10-9-11-17(2)29(35)32-23-15-21(33)14-22(25(23)34)27(38-7)20(5)13-24(37-6)28(39-8)19(4)12-18(3)26(16)40-30(31)36/h9-12,14-16,19-20,24,26-28,33-34H,13H2,1-8H3,(H2,31,36)(H,32,35)/b10-9-,17-11-,18-12+/t16-,19-,20-,24+,26-,27-,28-/m1/s1. The van der Waals surface area contributed by atoms with Gasteiger partial charge in [0.2, 0.25) is 0 Å². The first-order chi connectivity index (χ1) is 18.8. The molecule has 5 N–H and O–H groups in total. The van der Waals surface area contributed by atoms with E-state index in [0.717, 1.165) is 5.57 Å². The number of carbonyl (C=O) groups excluding carboxylic acids is 2. The highest BCUT2D eigenvalue weighted by Gasteiger charge is 2.33. The van der Waals surface area contributed by atoms with Gasteiger partial charge < -0.3 is 40.2 Å². The summed E-state index contributed by atoms with van der Waals surface area (Å²) in [7, 11) is 4.73. The lowest BCUT2D eigenvalue weighted by Gasteiger charge is -2.33. The molecule has 7 atom stereocenters. The normalized spacial score (nSPS) is 32.2. The fourth-order valence-corrected chi connectivity index (χ4v) is 5.30. The van der Waals surface area contributed by atoms with Crippen molar-refractivity contribution in [1.29, 1.82) is 0 Å². The minimum absolute atomic E-state index is 0.0543. The van der Waals surface area contributed by atoms with Crippen LogP contribution < -0.4 is 11.1 Å². The number of aromatic hydroxyl groups is 2. The van der Waals surface area contributed by atoms with E-state index in [1.807, 2.05) is 33.8 Å². The number of anilines is 1. The molecule has 1 aromatic rings. The summed E-state index contributed by atoms with van der Waals surface area (Å²) in [5, 5.41) is 24.2. The molecule has 0 unspecified atom stereocenters. The molecule has 10 nitrogen and oxygen atoms in total. The molecule has 0 fully saturated rings. The number of primary amides is 1. The molecule has 2 rings (SSSR count). The largest absolute Gasteiger partial charge is 0.508 e. The van der Waals surface area contributed by atoms with Gasteiger partial charge >= 0.3 is 6.09 Å². The number of carbonyl (C=O) groups is 2. The summed E-state index contributed by atoms with van der Waals surface area (Å²) in [5.41, 5.74) is 6.91. The highest BCUT2D eigenvalue weighted by atomic mass is 16.6. The summed E-state index contributed by atoms with van der Waals surface area (Å²) in [4.78, 5) is 24.6. The molecule has 2 amide bonds. The Morgan fingerprint density at radius 3 is 2.25 bits per heavy atom. The molecule has 0 spiro atoms. The SMILES string of the molecule is CO[C@@H]1[C@H](C)/C=C(\C)[C@H](OC(N)=O)[C@H](C)/C=C\C=C(\C)C(=O)Nc2cc(O)cc(c2O)[C@H](OC)[C@H](C)C[C@@H]1OC. The number of rotatable bonds is 4. The van der Waals surface area contributed by atoms with Gasteiger partial charge in [-0.3, -0.25) is 4.79 Å². The van der Waals surface area contributed by atoms with Crippen LogP contribution in [0.5, 0.6) is 11.5 Å². The zero-order chi connectivity index (χ0) is 30.1. The average Bonchev–Trinajstić information content (AvgIpc) is 2.88. The highest BCUT2D eigenvalue weighted by molar-refractivity contribution is 6.04. The van der Waals surface area contributed by atoms with Crippen LogP contribution in [0.25, 0.3) is 0 Å². The van der Waals surface area contributed by atoms with Crippen molar-refractivity contribution in [2.75, 3.05) is 26.6 Å². The topological polar surface area (TPSA) is 150 Å². The average molecular weight is 561 g/mol. The summed E-state index contributed by atoms with van der Waals surface area (Å²) in [6, 6.07) is 2.71. The van der Waals surface area contributed by atoms with E-state index in [2.05, 4.69) is 5.32 Å². The van der Waals surface area contributed by atoms with Gasteiger partial charge in [0.1, 0.15) is 17.6 Å². The third-order valence-corrected chi connectivity index (χ3v) is 7.33. The molecule has 1 aliphatic heterocycles. The van der Waals surface area contributed by atoms with Gasteiger partial charge in [-0.25, -0.2) is 4.79 Å². The first kappa shape index (κ1) is 32.9. The predicted molar refractivity (Wildman–Crippen MR) is 153 cm³/mol. The van der Waals surface area contributed by atoms with E-state index >= 15 is 0 Å². The van der Waals surface area contributed by atoms with Gasteiger partial charge in [-0.2, -0.15) is 0 Å². The van der Waals surface area contributed by atoms with Crippen LogP contribution in [0.1, 0.15) is 52.7 Å². The van der Waals surface area contributed by atoms with Crippen LogP contribution in [-0.2, 0) is 23.7 Å². The van der Waals surface area contributed by atoms with Crippen LogP contribution >= 0.6 is 0 Å². The van der Waals surface area contributed by atoms with Crippen molar-refractivity contribution < 1.29 is 38.7 Å². The second kappa shape index (κ2) is 14.9. The molecule has 0 saturated carbocycles. The maximum atomic E-state index is 12.9. The Labute approximate surface area is 236 Å². The zero-order valence-corrected chi connectivity index (χ0v) is 24.6. The van der Waals surface area contributed by atoms with Gasteiger partial charge in [0.15, 0.2) is 0 Å². The monoisotopic (exact) mass is 560 g/mol. The number of benzene rings is 1. The third-order valence-electron chi connectivity index (χ3n) is 7.33. The minimum Gasteiger partial charge on any atom is -0.508 e. The van der Waals surface area contributed by atoms with Crippen LogP contribution in [-0.4, -0.2) is 61.9 Å². The number of hydrogen-bond acceptors (Lipinski definition) is 8. The summed E-state index contributed by atoms with van der Waals surface area (Å²) >= 11 is 0. The van der Waals surface area contributed by atoms with Crippen molar-refractivity contribution in [2.45, 2.75) is 65.5 Å². The quantitative estimate of drug-likeness (QED) is 0.229. The van der Waals surface area contributed by atoms with Crippen molar-refractivity contribution in [2.24, 2.45) is 23.5 Å². The van der Waals surface area contributed by atoms with E-state index in [9.17, 15) is 19.8 Å². The fraction of sp³-hybridized carbons (Fsp3) is 0.533. The molecular weight excluding hydrogens is 516 g/mol. The van der Waals surface area contributed by atoms with Crippen molar-refractivity contribution in [1.82, 2.24) is 0 Å². The number of amides is 2. The Morgan fingerprint density at radius 2 is 1.68 bits per heavy atom. The first-order valence-corrected chi connectivity index (χ1v) is 13.3. The number of phenolic OH excluding ortho intramolecular Hbond substituents is 2.